The van der Waals surface area contributed by atoms with Crippen LogP contribution in [0.4, 0.5) is 0 Å². The molecule has 0 aromatic heterocycles. The van der Waals surface area contributed by atoms with Crippen molar-refractivity contribution in [3.05, 3.63) is 52.4 Å². The maximum atomic E-state index is 3.93. The first-order valence-corrected chi connectivity index (χ1v) is 7.52. The van der Waals surface area contributed by atoms with Crippen molar-refractivity contribution in [1.29, 1.82) is 0 Å². The summed E-state index contributed by atoms with van der Waals surface area (Å²) in [6.45, 7) is 17.1. The average Bonchev–Trinajstić information content (AvgIpc) is 2.47. The summed E-state index contributed by atoms with van der Waals surface area (Å²) in [6.07, 6.45) is 9.65. The van der Waals surface area contributed by atoms with Crippen molar-refractivity contribution in [2.75, 3.05) is 0 Å². The lowest BCUT2D eigenvalue weighted by Gasteiger charge is -2.25. The third-order valence-corrected chi connectivity index (χ3v) is 4.32. The number of rotatable bonds is 4. The van der Waals surface area contributed by atoms with Gasteiger partial charge in [-0.2, -0.15) is 0 Å². The molecule has 0 heteroatoms. The van der Waals surface area contributed by atoms with Gasteiger partial charge in [0, 0.05) is 0 Å². The van der Waals surface area contributed by atoms with Crippen molar-refractivity contribution in [3.8, 4) is 0 Å². The molecule has 0 unspecified atom stereocenters. The highest BCUT2D eigenvalue weighted by molar-refractivity contribution is 5.74. The van der Waals surface area contributed by atoms with Gasteiger partial charge in [-0.25, -0.2) is 0 Å². The van der Waals surface area contributed by atoms with E-state index in [0.29, 0.717) is 0 Å². The molecule has 0 nitrogen and oxygen atoms in total. The van der Waals surface area contributed by atoms with Gasteiger partial charge >= 0.3 is 0 Å². The van der Waals surface area contributed by atoms with Crippen LogP contribution >= 0.6 is 0 Å². The summed E-state index contributed by atoms with van der Waals surface area (Å²) in [4.78, 5) is 0. The fourth-order valence-corrected chi connectivity index (χ4v) is 2.67. The first-order valence-electron chi connectivity index (χ1n) is 7.52. The van der Waals surface area contributed by atoms with E-state index < -0.39 is 0 Å². The largest absolute Gasteiger partial charge is 0.0985 e. The zero-order chi connectivity index (χ0) is 15.3. The van der Waals surface area contributed by atoms with Crippen LogP contribution in [0.3, 0.4) is 0 Å². The molecule has 0 heterocycles. The van der Waals surface area contributed by atoms with Gasteiger partial charge in [-0.3, -0.25) is 0 Å². The summed E-state index contributed by atoms with van der Waals surface area (Å²) in [6, 6.07) is 4.53. The van der Waals surface area contributed by atoms with Crippen LogP contribution < -0.4 is 10.4 Å². The molecular weight excluding hydrogens is 240 g/mol. The molecule has 20 heavy (non-hydrogen) atoms. The Hall–Kier alpha value is -1.56. The smallest absolute Gasteiger partial charge is 0.0100 e. The topological polar surface area (TPSA) is 0 Å². The molecule has 0 saturated heterocycles. The maximum Gasteiger partial charge on any atom is -0.0100 e. The van der Waals surface area contributed by atoms with Crippen LogP contribution in [0.15, 0.2) is 30.9 Å². The molecule has 1 aromatic carbocycles. The minimum atomic E-state index is 0.197. The predicted octanol–water partition coefficient (Wildman–Crippen LogP) is 4.56. The van der Waals surface area contributed by atoms with Crippen molar-refractivity contribution in [1.82, 2.24) is 0 Å². The van der Waals surface area contributed by atoms with Gasteiger partial charge in [0.25, 0.3) is 0 Å². The number of benzene rings is 1. The highest BCUT2D eigenvalue weighted by Crippen LogP contribution is 2.24. The third kappa shape index (κ3) is 2.95. The standard InChI is InChI=1S/C20H28/c1-8-15(9-2)18-13-14-19(20(6,7)12-5)17(11-4)16(18)10-3/h8-11,13-14H,1,12H2,2-7H3. The van der Waals surface area contributed by atoms with Gasteiger partial charge in [0.2, 0.25) is 0 Å². The molecule has 1 rings (SSSR count). The molecule has 0 bridgehead atoms. The van der Waals surface area contributed by atoms with Crippen LogP contribution in [-0.2, 0) is 5.41 Å². The molecule has 0 aliphatic rings. The van der Waals surface area contributed by atoms with E-state index in [1.807, 2.05) is 6.08 Å². The lowest BCUT2D eigenvalue weighted by molar-refractivity contribution is 0.502. The molecule has 0 saturated carbocycles. The molecule has 0 aliphatic carbocycles. The number of hydrogen-bond acceptors (Lipinski definition) is 0. The molecule has 0 fully saturated rings. The molecule has 1 aromatic rings. The van der Waals surface area contributed by atoms with Crippen molar-refractivity contribution < 1.29 is 0 Å². The van der Waals surface area contributed by atoms with E-state index >= 15 is 0 Å². The van der Waals surface area contributed by atoms with E-state index in [9.17, 15) is 0 Å². The van der Waals surface area contributed by atoms with Gasteiger partial charge in [0.15, 0.2) is 0 Å². The van der Waals surface area contributed by atoms with Gasteiger partial charge in [0.1, 0.15) is 0 Å². The minimum Gasteiger partial charge on any atom is -0.0985 e. The number of hydrogen-bond donors (Lipinski definition) is 0. The minimum absolute atomic E-state index is 0.197. The summed E-state index contributed by atoms with van der Waals surface area (Å²) in [5.74, 6) is 0. The predicted molar refractivity (Wildman–Crippen MR) is 93.1 cm³/mol. The summed E-state index contributed by atoms with van der Waals surface area (Å²) < 4.78 is 0. The lowest BCUT2D eigenvalue weighted by Crippen LogP contribution is -2.37. The molecule has 0 aliphatic heterocycles. The highest BCUT2D eigenvalue weighted by Gasteiger charge is 2.20. The summed E-state index contributed by atoms with van der Waals surface area (Å²) in [5.41, 5.74) is 4.09. The second-order valence-electron chi connectivity index (χ2n) is 5.75. The fourth-order valence-electron chi connectivity index (χ4n) is 2.67. The van der Waals surface area contributed by atoms with Gasteiger partial charge in [-0.1, -0.05) is 63.8 Å². The van der Waals surface area contributed by atoms with E-state index in [1.165, 1.54) is 27.1 Å². The molecule has 0 radical (unpaired) electrons. The quantitative estimate of drug-likeness (QED) is 0.702. The Kier molecular flexibility index (Phi) is 5.56. The van der Waals surface area contributed by atoms with Crippen molar-refractivity contribution in [2.24, 2.45) is 0 Å². The molecule has 0 atom stereocenters. The Morgan fingerprint density at radius 1 is 1.10 bits per heavy atom. The second-order valence-corrected chi connectivity index (χ2v) is 5.75. The van der Waals surface area contributed by atoms with Gasteiger partial charge in [-0.15, -0.1) is 0 Å². The van der Waals surface area contributed by atoms with Crippen LogP contribution in [0.25, 0.3) is 17.7 Å². The van der Waals surface area contributed by atoms with Crippen LogP contribution in [-0.4, -0.2) is 0 Å². The van der Waals surface area contributed by atoms with E-state index in [0.717, 1.165) is 6.42 Å². The van der Waals surface area contributed by atoms with E-state index in [-0.39, 0.29) is 5.41 Å². The van der Waals surface area contributed by atoms with E-state index in [1.54, 1.807) is 0 Å². The summed E-state index contributed by atoms with van der Waals surface area (Å²) in [7, 11) is 0. The summed E-state index contributed by atoms with van der Waals surface area (Å²) in [5, 5.41) is 2.68. The van der Waals surface area contributed by atoms with Crippen molar-refractivity contribution in [2.45, 2.75) is 53.4 Å². The van der Waals surface area contributed by atoms with Crippen LogP contribution in [0.2, 0.25) is 0 Å². The maximum absolute atomic E-state index is 3.93. The zero-order valence-electron chi connectivity index (χ0n) is 13.9. The van der Waals surface area contributed by atoms with Gasteiger partial charge in [-0.05, 0) is 59.7 Å². The monoisotopic (exact) mass is 268 g/mol. The second kappa shape index (κ2) is 6.74. The highest BCUT2D eigenvalue weighted by atomic mass is 14.2. The van der Waals surface area contributed by atoms with Crippen LogP contribution in [0, 0.1) is 0 Å². The van der Waals surface area contributed by atoms with Crippen LogP contribution in [0.1, 0.15) is 59.1 Å². The fraction of sp³-hybridized carbons (Fsp3) is 0.400. The lowest BCUT2D eigenvalue weighted by atomic mass is 9.79. The van der Waals surface area contributed by atoms with Crippen molar-refractivity contribution >= 4 is 17.7 Å². The molecular formula is C20H28. The third-order valence-electron chi connectivity index (χ3n) is 4.32. The Morgan fingerprint density at radius 2 is 1.70 bits per heavy atom. The van der Waals surface area contributed by atoms with E-state index in [2.05, 4.69) is 78.5 Å². The first kappa shape index (κ1) is 16.5. The van der Waals surface area contributed by atoms with Gasteiger partial charge in [0.05, 0.1) is 0 Å². The Balaban J connectivity index is 3.83. The number of allylic oxidation sites excluding steroid dienone is 3. The van der Waals surface area contributed by atoms with Gasteiger partial charge < -0.3 is 0 Å². The van der Waals surface area contributed by atoms with Crippen molar-refractivity contribution in [3.63, 3.8) is 0 Å². The Bertz CT molecular complexity index is 625. The summed E-state index contributed by atoms with van der Waals surface area (Å²) >= 11 is 0. The Labute approximate surface area is 124 Å². The molecule has 108 valence electrons. The zero-order valence-corrected chi connectivity index (χ0v) is 13.9. The molecule has 0 N–H and O–H groups in total. The molecule has 0 amide bonds. The molecule has 0 spiro atoms. The SMILES string of the molecule is C=CC(=CC)c1ccc(C(C)(C)CC)c(=CC)c1=CC. The average molecular weight is 268 g/mol. The first-order chi connectivity index (χ1) is 9.46. The Morgan fingerprint density at radius 3 is 2.10 bits per heavy atom. The van der Waals surface area contributed by atoms with E-state index in [4.69, 9.17) is 0 Å². The normalized spacial score (nSPS) is 14.8. The van der Waals surface area contributed by atoms with Crippen LogP contribution in [0.5, 0.6) is 0 Å².